The van der Waals surface area contributed by atoms with Gasteiger partial charge in [0, 0.05) is 35.0 Å². The molecule has 0 bridgehead atoms. The molecule has 1 saturated heterocycles. The van der Waals surface area contributed by atoms with Gasteiger partial charge >= 0.3 is 0 Å². The molecule has 11 heteroatoms. The highest BCUT2D eigenvalue weighted by Crippen LogP contribution is 2.32. The molecule has 0 spiro atoms. The molecule has 198 valence electrons. The second-order valence-electron chi connectivity index (χ2n) is 8.90. The number of carbonyl (C=O) groups is 2. The maximum atomic E-state index is 13.6. The Hall–Kier alpha value is -2.21. The van der Waals surface area contributed by atoms with Crippen LogP contribution in [0.5, 0.6) is 0 Å². The molecule has 2 heterocycles. The summed E-state index contributed by atoms with van der Waals surface area (Å²) in [6.45, 7) is 4.62. The van der Waals surface area contributed by atoms with Crippen molar-refractivity contribution >= 4 is 48.7 Å². The fraction of sp³-hybridized carbons (Fsp3) is 0.520. The Bertz CT molecular complexity index is 1220. The molecule has 1 aliphatic rings. The van der Waals surface area contributed by atoms with Crippen molar-refractivity contribution in [1.82, 2.24) is 14.6 Å². The molecule has 1 aromatic carbocycles. The van der Waals surface area contributed by atoms with Gasteiger partial charge in [0.2, 0.25) is 10.0 Å². The van der Waals surface area contributed by atoms with Gasteiger partial charge < -0.3 is 20.8 Å². The lowest BCUT2D eigenvalue weighted by atomic mass is 10.0. The quantitative estimate of drug-likeness (QED) is 0.258. The molecule has 0 aliphatic carbocycles. The van der Waals surface area contributed by atoms with Gasteiger partial charge in [-0.2, -0.15) is 4.31 Å². The average molecular weight is 584 g/mol. The van der Waals surface area contributed by atoms with Crippen LogP contribution in [0.4, 0.5) is 0 Å². The van der Waals surface area contributed by atoms with E-state index in [9.17, 15) is 18.0 Å². The molecule has 1 aliphatic heterocycles. The summed E-state index contributed by atoms with van der Waals surface area (Å²) in [5, 5.41) is 3.23. The summed E-state index contributed by atoms with van der Waals surface area (Å²) >= 11 is 3.35. The molecular formula is C25H35BrN4O5S. The molecule has 36 heavy (non-hydrogen) atoms. The highest BCUT2D eigenvalue weighted by atomic mass is 79.9. The zero-order chi connectivity index (χ0) is 26.3. The van der Waals surface area contributed by atoms with Crippen LogP contribution in [-0.4, -0.2) is 61.9 Å². The number of H-pyrrole nitrogens is 1. The SMILES string of the molecule is C/C=C(\CCCCCC)CCNC(=O)C1CN(S(=O)(=O)c2c(C(N)=O)[nH]c3ccc(Br)cc23)CCO1. The summed E-state index contributed by atoms with van der Waals surface area (Å²) in [6.07, 6.45) is 7.67. The fourth-order valence-corrected chi connectivity index (χ4v) is 6.49. The second kappa shape index (κ2) is 12.8. The van der Waals surface area contributed by atoms with E-state index >= 15 is 0 Å². The number of primary amides is 1. The Balaban J connectivity index is 1.68. The first-order valence-electron chi connectivity index (χ1n) is 12.3. The Kier molecular flexibility index (Phi) is 10.1. The predicted octanol–water partition coefficient (Wildman–Crippen LogP) is 3.84. The van der Waals surface area contributed by atoms with Crippen LogP contribution >= 0.6 is 15.9 Å². The van der Waals surface area contributed by atoms with E-state index in [0.29, 0.717) is 21.9 Å². The summed E-state index contributed by atoms with van der Waals surface area (Å²) in [4.78, 5) is 27.5. The Labute approximate surface area is 221 Å². The molecule has 4 N–H and O–H groups in total. The van der Waals surface area contributed by atoms with Gasteiger partial charge in [-0.15, -0.1) is 0 Å². The van der Waals surface area contributed by atoms with Crippen LogP contribution in [0.1, 0.15) is 62.9 Å². The van der Waals surface area contributed by atoms with Gasteiger partial charge in [-0.3, -0.25) is 9.59 Å². The Morgan fingerprint density at radius 1 is 1.28 bits per heavy atom. The van der Waals surface area contributed by atoms with Crippen molar-refractivity contribution in [2.75, 3.05) is 26.2 Å². The number of fused-ring (bicyclic) bond motifs is 1. The number of ether oxygens (including phenoxy) is 1. The number of morpholine rings is 1. The monoisotopic (exact) mass is 582 g/mol. The number of nitrogens with zero attached hydrogens (tertiary/aromatic N) is 1. The van der Waals surface area contributed by atoms with Gasteiger partial charge in [0.15, 0.2) is 0 Å². The van der Waals surface area contributed by atoms with Crippen molar-refractivity contribution in [3.05, 3.63) is 40.0 Å². The highest BCUT2D eigenvalue weighted by molar-refractivity contribution is 9.10. The summed E-state index contributed by atoms with van der Waals surface area (Å²) in [6, 6.07) is 5.03. The standard InChI is InChI=1S/C25H35BrN4O5S/c1-3-5-6-7-8-17(4-2)11-12-28-25(32)21-16-30(13-14-35-21)36(33,34)23-19-15-18(26)9-10-20(19)29-22(23)24(27)31/h4,9-10,15,21,29H,3,5-8,11-14,16H2,1-2H3,(H2,27,31)(H,28,32)/b17-4+. The van der Waals surface area contributed by atoms with Gasteiger partial charge in [-0.05, 0) is 44.4 Å². The number of halogens is 1. The predicted molar refractivity (Wildman–Crippen MR) is 143 cm³/mol. The minimum atomic E-state index is -4.15. The molecule has 1 unspecified atom stereocenters. The number of nitrogens with two attached hydrogens (primary N) is 1. The van der Waals surface area contributed by atoms with E-state index in [-0.39, 0.29) is 36.2 Å². The highest BCUT2D eigenvalue weighted by Gasteiger charge is 2.37. The topological polar surface area (TPSA) is 135 Å². The molecular weight excluding hydrogens is 548 g/mol. The number of carbonyl (C=O) groups excluding carboxylic acids is 2. The maximum absolute atomic E-state index is 13.6. The molecule has 9 nitrogen and oxygen atoms in total. The number of aromatic nitrogens is 1. The van der Waals surface area contributed by atoms with E-state index in [1.807, 2.05) is 6.92 Å². The third-order valence-electron chi connectivity index (χ3n) is 6.38. The van der Waals surface area contributed by atoms with Crippen LogP contribution in [0.3, 0.4) is 0 Å². The van der Waals surface area contributed by atoms with Gasteiger partial charge in [0.1, 0.15) is 16.7 Å². The van der Waals surface area contributed by atoms with Gasteiger partial charge in [-0.25, -0.2) is 8.42 Å². The summed E-state index contributed by atoms with van der Waals surface area (Å²) < 4.78 is 34.7. The van der Waals surface area contributed by atoms with Crippen LogP contribution in [0.15, 0.2) is 39.2 Å². The molecule has 0 saturated carbocycles. The van der Waals surface area contributed by atoms with Crippen LogP contribution in [0, 0.1) is 0 Å². The lowest BCUT2D eigenvalue weighted by Crippen LogP contribution is -2.51. The van der Waals surface area contributed by atoms with E-state index in [2.05, 4.69) is 39.2 Å². The van der Waals surface area contributed by atoms with Crippen LogP contribution in [-0.2, 0) is 19.6 Å². The zero-order valence-electron chi connectivity index (χ0n) is 20.8. The molecule has 2 amide bonds. The molecule has 1 atom stereocenters. The van der Waals surface area contributed by atoms with Gasteiger partial charge in [-0.1, -0.05) is 53.8 Å². The first kappa shape index (κ1) is 28.4. The van der Waals surface area contributed by atoms with Crippen molar-refractivity contribution in [1.29, 1.82) is 0 Å². The van der Waals surface area contributed by atoms with Crippen molar-refractivity contribution in [3.8, 4) is 0 Å². The van der Waals surface area contributed by atoms with E-state index in [1.165, 1.54) is 29.1 Å². The number of nitrogens with one attached hydrogen (secondary N) is 2. The number of amides is 2. The first-order valence-corrected chi connectivity index (χ1v) is 14.6. The second-order valence-corrected chi connectivity index (χ2v) is 11.7. The number of hydrogen-bond acceptors (Lipinski definition) is 5. The zero-order valence-corrected chi connectivity index (χ0v) is 23.2. The van der Waals surface area contributed by atoms with E-state index in [0.717, 1.165) is 19.3 Å². The number of allylic oxidation sites excluding steroid dienone is 1. The average Bonchev–Trinajstić information content (AvgIpc) is 3.25. The normalized spacial score (nSPS) is 17.4. The molecule has 3 rings (SSSR count). The number of sulfonamides is 1. The number of hydrogen-bond donors (Lipinski definition) is 3. The van der Waals surface area contributed by atoms with Gasteiger partial charge in [0.05, 0.1) is 6.61 Å². The van der Waals surface area contributed by atoms with Crippen molar-refractivity contribution < 1.29 is 22.7 Å². The van der Waals surface area contributed by atoms with E-state index in [4.69, 9.17) is 10.5 Å². The summed E-state index contributed by atoms with van der Waals surface area (Å²) in [5.41, 5.74) is 7.08. The summed E-state index contributed by atoms with van der Waals surface area (Å²) in [5.74, 6) is -1.23. The third kappa shape index (κ3) is 6.76. The largest absolute Gasteiger partial charge is 0.366 e. The van der Waals surface area contributed by atoms with Crippen LogP contribution in [0.25, 0.3) is 10.9 Å². The van der Waals surface area contributed by atoms with Crippen molar-refractivity contribution in [2.24, 2.45) is 5.73 Å². The third-order valence-corrected chi connectivity index (χ3v) is 8.83. The molecule has 1 aromatic heterocycles. The minimum absolute atomic E-state index is 0.0610. The van der Waals surface area contributed by atoms with Crippen LogP contribution in [0.2, 0.25) is 0 Å². The lowest BCUT2D eigenvalue weighted by Gasteiger charge is -2.31. The summed E-state index contributed by atoms with van der Waals surface area (Å²) in [7, 11) is -4.15. The number of benzene rings is 1. The van der Waals surface area contributed by atoms with E-state index in [1.54, 1.807) is 18.2 Å². The number of aromatic amines is 1. The van der Waals surface area contributed by atoms with Crippen molar-refractivity contribution in [2.45, 2.75) is 63.4 Å². The maximum Gasteiger partial charge on any atom is 0.266 e. The smallest absolute Gasteiger partial charge is 0.266 e. The Morgan fingerprint density at radius 2 is 2.06 bits per heavy atom. The van der Waals surface area contributed by atoms with Crippen molar-refractivity contribution in [3.63, 3.8) is 0 Å². The number of rotatable bonds is 12. The first-order chi connectivity index (χ1) is 17.2. The lowest BCUT2D eigenvalue weighted by molar-refractivity contribution is -0.136. The van der Waals surface area contributed by atoms with Gasteiger partial charge in [0.25, 0.3) is 11.8 Å². The minimum Gasteiger partial charge on any atom is -0.366 e. The Morgan fingerprint density at radius 3 is 2.75 bits per heavy atom. The number of unbranched alkanes of at least 4 members (excludes halogenated alkanes) is 3. The van der Waals surface area contributed by atoms with Crippen LogP contribution < -0.4 is 11.1 Å². The molecule has 2 aromatic rings. The molecule has 0 radical (unpaired) electrons. The van der Waals surface area contributed by atoms with E-state index < -0.39 is 22.0 Å². The molecule has 1 fully saturated rings. The fourth-order valence-electron chi connectivity index (χ4n) is 4.37.